The number of nitrogens with zero attached hydrogens (tertiary/aromatic N) is 2. The number of halogens is 1. The van der Waals surface area contributed by atoms with E-state index in [1.54, 1.807) is 0 Å². The van der Waals surface area contributed by atoms with Crippen molar-refractivity contribution in [3.05, 3.63) is 16.5 Å². The van der Waals surface area contributed by atoms with Crippen LogP contribution in [0.4, 0.5) is 0 Å². The molecule has 88 valence electrons. The molecular formula is C12H17ClN2O. The van der Waals surface area contributed by atoms with E-state index in [-0.39, 0.29) is 6.10 Å². The highest BCUT2D eigenvalue weighted by molar-refractivity contribution is 6.30. The average Bonchev–Trinajstić information content (AvgIpc) is 3.07. The van der Waals surface area contributed by atoms with Gasteiger partial charge in [-0.15, -0.1) is 0 Å². The minimum absolute atomic E-state index is 0.164. The number of ether oxygens (including phenoxy) is 1. The van der Waals surface area contributed by atoms with Crippen LogP contribution in [-0.2, 0) is 0 Å². The Balaban J connectivity index is 2.27. The van der Waals surface area contributed by atoms with Crippen LogP contribution in [0.15, 0.2) is 0 Å². The van der Waals surface area contributed by atoms with Crippen LogP contribution < -0.4 is 4.74 Å². The maximum Gasteiger partial charge on any atom is 0.221 e. The van der Waals surface area contributed by atoms with Crippen molar-refractivity contribution >= 4 is 11.6 Å². The summed E-state index contributed by atoms with van der Waals surface area (Å²) in [5.74, 6) is 1.99. The molecule has 1 aliphatic carbocycles. The number of rotatable bonds is 4. The van der Waals surface area contributed by atoms with Gasteiger partial charge in [-0.25, -0.2) is 4.98 Å². The number of aromatic nitrogens is 2. The van der Waals surface area contributed by atoms with E-state index < -0.39 is 0 Å². The lowest BCUT2D eigenvalue weighted by Crippen LogP contribution is -2.13. The molecule has 0 radical (unpaired) electrons. The summed E-state index contributed by atoms with van der Waals surface area (Å²) < 4.78 is 5.76. The fraction of sp³-hybridized carbons (Fsp3) is 0.667. The fourth-order valence-electron chi connectivity index (χ4n) is 1.40. The van der Waals surface area contributed by atoms with Gasteiger partial charge in [0.25, 0.3) is 0 Å². The standard InChI is InChI=1S/C12H17ClN2O/c1-4-7(2)16-12-8(3)10(13)14-11(15-12)9-5-6-9/h7,9H,4-6H2,1-3H3. The van der Waals surface area contributed by atoms with E-state index in [1.807, 2.05) is 13.8 Å². The van der Waals surface area contributed by atoms with Crippen LogP contribution in [0.2, 0.25) is 5.15 Å². The third-order valence-corrected chi connectivity index (χ3v) is 3.26. The molecule has 16 heavy (non-hydrogen) atoms. The molecule has 1 aromatic rings. The zero-order chi connectivity index (χ0) is 11.7. The Hall–Kier alpha value is -0.830. The minimum atomic E-state index is 0.164. The van der Waals surface area contributed by atoms with E-state index in [0.717, 1.165) is 17.8 Å². The zero-order valence-corrected chi connectivity index (χ0v) is 10.7. The molecule has 0 amide bonds. The largest absolute Gasteiger partial charge is 0.474 e. The SMILES string of the molecule is CCC(C)Oc1nc(C2CC2)nc(Cl)c1C. The monoisotopic (exact) mass is 240 g/mol. The summed E-state index contributed by atoms with van der Waals surface area (Å²) in [6, 6.07) is 0. The summed E-state index contributed by atoms with van der Waals surface area (Å²) in [5, 5.41) is 0.523. The third-order valence-electron chi connectivity index (χ3n) is 2.89. The van der Waals surface area contributed by atoms with Gasteiger partial charge in [0.1, 0.15) is 11.0 Å². The first-order valence-corrected chi connectivity index (χ1v) is 6.20. The minimum Gasteiger partial charge on any atom is -0.474 e. The van der Waals surface area contributed by atoms with Gasteiger partial charge in [0.05, 0.1) is 6.10 Å². The van der Waals surface area contributed by atoms with Gasteiger partial charge in [-0.2, -0.15) is 4.98 Å². The van der Waals surface area contributed by atoms with Crippen molar-refractivity contribution in [1.29, 1.82) is 0 Å². The van der Waals surface area contributed by atoms with Crippen LogP contribution in [0.5, 0.6) is 5.88 Å². The molecule has 1 aromatic heterocycles. The van der Waals surface area contributed by atoms with Gasteiger partial charge in [0.2, 0.25) is 5.88 Å². The molecule has 1 aliphatic rings. The van der Waals surface area contributed by atoms with Gasteiger partial charge in [-0.05, 0) is 33.1 Å². The molecule has 1 unspecified atom stereocenters. The quantitative estimate of drug-likeness (QED) is 0.756. The predicted octanol–water partition coefficient (Wildman–Crippen LogP) is 3.49. The van der Waals surface area contributed by atoms with E-state index in [9.17, 15) is 0 Å². The van der Waals surface area contributed by atoms with Crippen molar-refractivity contribution in [3.63, 3.8) is 0 Å². The van der Waals surface area contributed by atoms with Gasteiger partial charge < -0.3 is 4.74 Å². The highest BCUT2D eigenvalue weighted by Crippen LogP contribution is 2.39. The molecule has 0 aromatic carbocycles. The second-order valence-corrected chi connectivity index (χ2v) is 4.77. The fourth-order valence-corrected chi connectivity index (χ4v) is 1.57. The second-order valence-electron chi connectivity index (χ2n) is 4.41. The van der Waals surface area contributed by atoms with E-state index >= 15 is 0 Å². The van der Waals surface area contributed by atoms with Crippen molar-refractivity contribution in [2.45, 2.75) is 52.1 Å². The van der Waals surface area contributed by atoms with Gasteiger partial charge in [0.15, 0.2) is 0 Å². The Morgan fingerprint density at radius 3 is 2.69 bits per heavy atom. The molecule has 4 heteroatoms. The van der Waals surface area contributed by atoms with Crippen LogP contribution in [-0.4, -0.2) is 16.1 Å². The molecule has 0 aliphatic heterocycles. The average molecular weight is 241 g/mol. The number of hydrogen-bond acceptors (Lipinski definition) is 3. The highest BCUT2D eigenvalue weighted by atomic mass is 35.5. The van der Waals surface area contributed by atoms with Gasteiger partial charge in [-0.1, -0.05) is 18.5 Å². The summed E-state index contributed by atoms with van der Waals surface area (Å²) >= 11 is 6.09. The lowest BCUT2D eigenvalue weighted by Gasteiger charge is -2.14. The third kappa shape index (κ3) is 2.46. The maximum absolute atomic E-state index is 6.09. The second kappa shape index (κ2) is 4.58. The zero-order valence-electron chi connectivity index (χ0n) is 9.96. The van der Waals surface area contributed by atoms with E-state index in [0.29, 0.717) is 17.0 Å². The van der Waals surface area contributed by atoms with Crippen LogP contribution in [0, 0.1) is 6.92 Å². The van der Waals surface area contributed by atoms with Crippen LogP contribution in [0.25, 0.3) is 0 Å². The molecule has 1 atom stereocenters. The Labute approximate surface area is 101 Å². The molecule has 0 N–H and O–H groups in total. The van der Waals surface area contributed by atoms with Crippen molar-refractivity contribution in [2.75, 3.05) is 0 Å². The smallest absolute Gasteiger partial charge is 0.221 e. The molecule has 3 nitrogen and oxygen atoms in total. The van der Waals surface area contributed by atoms with Crippen molar-refractivity contribution in [1.82, 2.24) is 9.97 Å². The first-order valence-electron chi connectivity index (χ1n) is 5.82. The van der Waals surface area contributed by atoms with Gasteiger partial charge in [-0.3, -0.25) is 0 Å². The van der Waals surface area contributed by atoms with Crippen LogP contribution >= 0.6 is 11.6 Å². The summed E-state index contributed by atoms with van der Waals surface area (Å²) in [5.41, 5.74) is 0.839. The molecule has 0 bridgehead atoms. The normalized spacial score (nSPS) is 17.2. The molecule has 0 spiro atoms. The summed E-state index contributed by atoms with van der Waals surface area (Å²) in [4.78, 5) is 8.77. The number of hydrogen-bond donors (Lipinski definition) is 0. The van der Waals surface area contributed by atoms with Crippen LogP contribution in [0.1, 0.15) is 50.4 Å². The van der Waals surface area contributed by atoms with Crippen molar-refractivity contribution in [2.24, 2.45) is 0 Å². The Kier molecular flexibility index (Phi) is 3.33. The van der Waals surface area contributed by atoms with Gasteiger partial charge in [0, 0.05) is 11.5 Å². The molecule has 0 saturated heterocycles. The molecular weight excluding hydrogens is 224 g/mol. The lowest BCUT2D eigenvalue weighted by molar-refractivity contribution is 0.206. The van der Waals surface area contributed by atoms with E-state index in [4.69, 9.17) is 16.3 Å². The molecule has 2 rings (SSSR count). The molecule has 1 fully saturated rings. The molecule has 1 heterocycles. The molecule has 1 saturated carbocycles. The van der Waals surface area contributed by atoms with Crippen molar-refractivity contribution < 1.29 is 4.74 Å². The predicted molar refractivity (Wildman–Crippen MR) is 64.1 cm³/mol. The van der Waals surface area contributed by atoms with E-state index in [1.165, 1.54) is 12.8 Å². The van der Waals surface area contributed by atoms with E-state index in [2.05, 4.69) is 16.9 Å². The maximum atomic E-state index is 6.09. The lowest BCUT2D eigenvalue weighted by atomic mass is 10.3. The Morgan fingerprint density at radius 1 is 1.44 bits per heavy atom. The summed E-state index contributed by atoms with van der Waals surface area (Å²) in [6.45, 7) is 6.02. The highest BCUT2D eigenvalue weighted by Gasteiger charge is 2.28. The topological polar surface area (TPSA) is 35.0 Å². The summed E-state index contributed by atoms with van der Waals surface area (Å²) in [7, 11) is 0. The Morgan fingerprint density at radius 2 is 2.12 bits per heavy atom. The van der Waals surface area contributed by atoms with Crippen molar-refractivity contribution in [3.8, 4) is 5.88 Å². The first kappa shape index (κ1) is 11.6. The Bertz CT molecular complexity index is 391. The summed E-state index contributed by atoms with van der Waals surface area (Å²) in [6.07, 6.45) is 3.46. The first-order chi connectivity index (χ1) is 7.61. The van der Waals surface area contributed by atoms with Gasteiger partial charge >= 0.3 is 0 Å². The van der Waals surface area contributed by atoms with Crippen LogP contribution in [0.3, 0.4) is 0 Å².